The molecule has 1 N–H and O–H groups in total. The van der Waals surface area contributed by atoms with Crippen molar-refractivity contribution >= 4 is 5.91 Å². The van der Waals surface area contributed by atoms with Gasteiger partial charge in [-0.15, -0.1) is 6.58 Å². The van der Waals surface area contributed by atoms with Crippen molar-refractivity contribution in [1.82, 2.24) is 4.90 Å². The van der Waals surface area contributed by atoms with E-state index in [1.807, 2.05) is 4.90 Å². The highest BCUT2D eigenvalue weighted by molar-refractivity contribution is 5.76. The van der Waals surface area contributed by atoms with E-state index in [-0.39, 0.29) is 12.5 Å². The maximum absolute atomic E-state index is 11.6. The van der Waals surface area contributed by atoms with Crippen LogP contribution in [0.1, 0.15) is 25.7 Å². The molecule has 0 radical (unpaired) electrons. The topological polar surface area (TPSA) is 40.5 Å². The normalized spacial score (nSPS) is 18.2. The lowest BCUT2D eigenvalue weighted by Crippen LogP contribution is -2.39. The first kappa shape index (κ1) is 11.2. The highest BCUT2D eigenvalue weighted by atomic mass is 16.3. The molecule has 0 aromatic carbocycles. The van der Waals surface area contributed by atoms with Gasteiger partial charge in [0.15, 0.2) is 0 Å². The fraction of sp³-hybridized carbons (Fsp3) is 0.727. The van der Waals surface area contributed by atoms with Gasteiger partial charge in [0.25, 0.3) is 0 Å². The summed E-state index contributed by atoms with van der Waals surface area (Å²) in [6.45, 7) is 5.47. The van der Waals surface area contributed by atoms with Crippen LogP contribution in [-0.2, 0) is 4.79 Å². The van der Waals surface area contributed by atoms with Crippen molar-refractivity contribution in [2.75, 3.05) is 19.7 Å². The average Bonchev–Trinajstić information content (AvgIpc) is 2.26. The Labute approximate surface area is 85.4 Å². The number of amides is 1. The fourth-order valence-electron chi connectivity index (χ4n) is 1.75. The number of rotatable bonds is 4. The Morgan fingerprint density at radius 2 is 2.14 bits per heavy atom. The van der Waals surface area contributed by atoms with Crippen LogP contribution in [0.25, 0.3) is 0 Å². The maximum Gasteiger partial charge on any atom is 0.222 e. The summed E-state index contributed by atoms with van der Waals surface area (Å²) in [6, 6.07) is 0. The molecule has 0 bridgehead atoms. The molecule has 80 valence electrons. The number of aliphatic hydroxyl groups excluding tert-OH is 1. The number of nitrogens with zero attached hydrogens (tertiary/aromatic N) is 1. The second-order valence-corrected chi connectivity index (χ2v) is 3.83. The van der Waals surface area contributed by atoms with Gasteiger partial charge in [-0.05, 0) is 25.2 Å². The summed E-state index contributed by atoms with van der Waals surface area (Å²) in [4.78, 5) is 13.5. The molecule has 0 spiro atoms. The summed E-state index contributed by atoms with van der Waals surface area (Å²) in [6.07, 6.45) is 5.00. The van der Waals surface area contributed by atoms with Gasteiger partial charge in [-0.1, -0.05) is 6.08 Å². The molecule has 0 unspecified atom stereocenters. The number of likely N-dealkylation sites (tertiary alicyclic amines) is 1. The zero-order chi connectivity index (χ0) is 10.4. The van der Waals surface area contributed by atoms with Gasteiger partial charge in [-0.2, -0.15) is 0 Å². The van der Waals surface area contributed by atoms with E-state index >= 15 is 0 Å². The van der Waals surface area contributed by atoms with Crippen molar-refractivity contribution < 1.29 is 9.90 Å². The van der Waals surface area contributed by atoms with Crippen LogP contribution in [0.15, 0.2) is 12.7 Å². The number of piperidine rings is 1. The van der Waals surface area contributed by atoms with Crippen LogP contribution in [0.5, 0.6) is 0 Å². The molecule has 1 aliphatic heterocycles. The summed E-state index contributed by atoms with van der Waals surface area (Å²) in [7, 11) is 0. The smallest absolute Gasteiger partial charge is 0.222 e. The van der Waals surface area contributed by atoms with Gasteiger partial charge in [0, 0.05) is 26.1 Å². The molecule has 0 saturated carbocycles. The number of aliphatic hydroxyl groups is 1. The van der Waals surface area contributed by atoms with Crippen LogP contribution in [0.4, 0.5) is 0 Å². The molecule has 1 rings (SSSR count). The summed E-state index contributed by atoms with van der Waals surface area (Å²) in [5.41, 5.74) is 0. The third kappa shape index (κ3) is 3.14. The number of carbonyl (C=O) groups is 1. The SMILES string of the molecule is C=CCCC(=O)N1CCC(CO)CC1. The van der Waals surface area contributed by atoms with Gasteiger partial charge in [0.1, 0.15) is 0 Å². The quantitative estimate of drug-likeness (QED) is 0.688. The largest absolute Gasteiger partial charge is 0.396 e. The van der Waals surface area contributed by atoms with Crippen LogP contribution in [0, 0.1) is 5.92 Å². The minimum absolute atomic E-state index is 0.223. The third-order valence-corrected chi connectivity index (χ3v) is 2.79. The summed E-state index contributed by atoms with van der Waals surface area (Å²) in [5, 5.41) is 8.94. The van der Waals surface area contributed by atoms with E-state index in [9.17, 15) is 4.79 Å². The van der Waals surface area contributed by atoms with Crippen molar-refractivity contribution in [1.29, 1.82) is 0 Å². The highest BCUT2D eigenvalue weighted by Crippen LogP contribution is 2.17. The van der Waals surface area contributed by atoms with Gasteiger partial charge < -0.3 is 10.0 Å². The average molecular weight is 197 g/mol. The molecule has 0 atom stereocenters. The predicted octanol–water partition coefficient (Wildman–Crippen LogP) is 1.18. The summed E-state index contributed by atoms with van der Waals surface area (Å²) < 4.78 is 0. The minimum atomic E-state index is 0.223. The van der Waals surface area contributed by atoms with E-state index in [1.165, 1.54) is 0 Å². The first-order valence-electron chi connectivity index (χ1n) is 5.27. The van der Waals surface area contributed by atoms with E-state index in [0.29, 0.717) is 12.3 Å². The lowest BCUT2D eigenvalue weighted by atomic mass is 9.97. The number of hydrogen-bond acceptors (Lipinski definition) is 2. The Hall–Kier alpha value is -0.830. The van der Waals surface area contributed by atoms with Crippen molar-refractivity contribution in [2.24, 2.45) is 5.92 Å². The molecule has 1 saturated heterocycles. The first-order chi connectivity index (χ1) is 6.77. The van der Waals surface area contributed by atoms with E-state index in [0.717, 1.165) is 32.4 Å². The number of allylic oxidation sites excluding steroid dienone is 1. The molecular formula is C11H19NO2. The molecule has 1 amide bonds. The van der Waals surface area contributed by atoms with Crippen molar-refractivity contribution in [3.63, 3.8) is 0 Å². The Morgan fingerprint density at radius 3 is 2.64 bits per heavy atom. The number of hydrogen-bond donors (Lipinski definition) is 1. The highest BCUT2D eigenvalue weighted by Gasteiger charge is 2.21. The zero-order valence-corrected chi connectivity index (χ0v) is 8.61. The molecule has 1 fully saturated rings. The van der Waals surface area contributed by atoms with Gasteiger partial charge in [-0.25, -0.2) is 0 Å². The van der Waals surface area contributed by atoms with Gasteiger partial charge in [0.05, 0.1) is 0 Å². The molecular weight excluding hydrogens is 178 g/mol. The van der Waals surface area contributed by atoms with Gasteiger partial charge >= 0.3 is 0 Å². The summed E-state index contributed by atoms with van der Waals surface area (Å²) >= 11 is 0. The summed E-state index contributed by atoms with van der Waals surface area (Å²) in [5.74, 6) is 0.625. The lowest BCUT2D eigenvalue weighted by molar-refractivity contribution is -0.132. The Balaban J connectivity index is 2.26. The van der Waals surface area contributed by atoms with Crippen LogP contribution in [0.2, 0.25) is 0 Å². The van der Waals surface area contributed by atoms with Gasteiger partial charge in [0.2, 0.25) is 5.91 Å². The zero-order valence-electron chi connectivity index (χ0n) is 8.61. The minimum Gasteiger partial charge on any atom is -0.396 e. The molecule has 0 aliphatic carbocycles. The second-order valence-electron chi connectivity index (χ2n) is 3.83. The van der Waals surface area contributed by atoms with Crippen molar-refractivity contribution in [2.45, 2.75) is 25.7 Å². The first-order valence-corrected chi connectivity index (χ1v) is 5.27. The second kappa shape index (κ2) is 5.81. The molecule has 3 nitrogen and oxygen atoms in total. The molecule has 14 heavy (non-hydrogen) atoms. The Bertz CT molecular complexity index is 195. The van der Waals surface area contributed by atoms with Crippen LogP contribution < -0.4 is 0 Å². The van der Waals surface area contributed by atoms with Crippen LogP contribution in [-0.4, -0.2) is 35.6 Å². The van der Waals surface area contributed by atoms with Crippen molar-refractivity contribution in [3.05, 3.63) is 12.7 Å². The van der Waals surface area contributed by atoms with Gasteiger partial charge in [-0.3, -0.25) is 4.79 Å². The Morgan fingerprint density at radius 1 is 1.50 bits per heavy atom. The monoisotopic (exact) mass is 197 g/mol. The molecule has 1 aliphatic rings. The molecule has 3 heteroatoms. The number of carbonyl (C=O) groups excluding carboxylic acids is 1. The van der Waals surface area contributed by atoms with E-state index in [4.69, 9.17) is 5.11 Å². The molecule has 0 aromatic heterocycles. The van der Waals surface area contributed by atoms with Crippen LogP contribution in [0.3, 0.4) is 0 Å². The molecule has 0 aromatic rings. The van der Waals surface area contributed by atoms with E-state index < -0.39 is 0 Å². The van der Waals surface area contributed by atoms with Crippen LogP contribution >= 0.6 is 0 Å². The molecule has 1 heterocycles. The van der Waals surface area contributed by atoms with Crippen molar-refractivity contribution in [3.8, 4) is 0 Å². The standard InChI is InChI=1S/C11H19NO2/c1-2-3-4-11(14)12-7-5-10(9-13)6-8-12/h2,10,13H,1,3-9H2. The van der Waals surface area contributed by atoms with E-state index in [2.05, 4.69) is 6.58 Å². The van der Waals surface area contributed by atoms with E-state index in [1.54, 1.807) is 6.08 Å². The maximum atomic E-state index is 11.6. The fourth-order valence-corrected chi connectivity index (χ4v) is 1.75. The predicted molar refractivity (Wildman–Crippen MR) is 55.8 cm³/mol. The third-order valence-electron chi connectivity index (χ3n) is 2.79. The Kier molecular flexibility index (Phi) is 4.66. The lowest BCUT2D eigenvalue weighted by Gasteiger charge is -2.31.